The summed E-state index contributed by atoms with van der Waals surface area (Å²) in [6.45, 7) is 12.2. The predicted molar refractivity (Wildman–Crippen MR) is 78.5 cm³/mol. The molecule has 0 aromatic carbocycles. The van der Waals surface area contributed by atoms with Crippen molar-refractivity contribution in [1.29, 1.82) is 0 Å². The van der Waals surface area contributed by atoms with E-state index in [0.717, 1.165) is 6.71 Å². The van der Waals surface area contributed by atoms with E-state index >= 15 is 0 Å². The van der Waals surface area contributed by atoms with Crippen molar-refractivity contribution in [3.05, 3.63) is 38.0 Å². The molecule has 0 aliphatic heterocycles. The summed E-state index contributed by atoms with van der Waals surface area (Å²) in [5.41, 5.74) is 0. The Hall–Kier alpha value is -0.715. The average molecular weight is 218 g/mol. The van der Waals surface area contributed by atoms with E-state index in [4.69, 9.17) is 0 Å². The summed E-state index contributed by atoms with van der Waals surface area (Å²) >= 11 is 0. The summed E-state index contributed by atoms with van der Waals surface area (Å²) in [6, 6.07) is 0. The van der Waals surface area contributed by atoms with Gasteiger partial charge in [-0.1, -0.05) is 56.5 Å². The van der Waals surface area contributed by atoms with Crippen molar-refractivity contribution >= 4 is 6.71 Å². The van der Waals surface area contributed by atoms with Crippen molar-refractivity contribution in [2.75, 3.05) is 0 Å². The second-order valence-corrected chi connectivity index (χ2v) is 4.52. The number of allylic oxidation sites excluding steroid dienone is 3. The van der Waals surface area contributed by atoms with Gasteiger partial charge in [0.1, 0.15) is 6.71 Å². The normalized spacial score (nSPS) is 9.75. The van der Waals surface area contributed by atoms with Crippen LogP contribution < -0.4 is 0 Å². The molecule has 0 saturated carbocycles. The Morgan fingerprint density at radius 2 is 0.938 bits per heavy atom. The smallest absolute Gasteiger partial charge is 0.103 e. The fraction of sp³-hybridized carbons (Fsp3) is 0.600. The first-order valence-corrected chi connectivity index (χ1v) is 6.67. The maximum atomic E-state index is 3.78. The minimum absolute atomic E-state index is 0.903. The molecular formula is C15H27B. The second kappa shape index (κ2) is 12.4. The van der Waals surface area contributed by atoms with E-state index in [0.29, 0.717) is 0 Å². The first-order valence-electron chi connectivity index (χ1n) is 6.67. The third-order valence-corrected chi connectivity index (χ3v) is 3.06. The van der Waals surface area contributed by atoms with Crippen LogP contribution in [0.5, 0.6) is 0 Å². The molecule has 0 unspecified atom stereocenters. The van der Waals surface area contributed by atoms with Gasteiger partial charge in [-0.2, -0.15) is 0 Å². The van der Waals surface area contributed by atoms with Crippen molar-refractivity contribution in [3.63, 3.8) is 0 Å². The van der Waals surface area contributed by atoms with Gasteiger partial charge >= 0.3 is 0 Å². The van der Waals surface area contributed by atoms with Crippen LogP contribution in [-0.2, 0) is 0 Å². The summed E-state index contributed by atoms with van der Waals surface area (Å²) in [4.78, 5) is 0. The van der Waals surface area contributed by atoms with Gasteiger partial charge in [0.15, 0.2) is 0 Å². The molecule has 0 N–H and O–H groups in total. The maximum Gasteiger partial charge on any atom is 0.139 e. The maximum absolute atomic E-state index is 3.78. The summed E-state index contributed by atoms with van der Waals surface area (Å²) in [5, 5.41) is 0. The molecule has 0 saturated heterocycles. The van der Waals surface area contributed by atoms with Gasteiger partial charge in [0.05, 0.1) is 0 Å². The first kappa shape index (κ1) is 15.3. The standard InChI is InChI=1S/C15H27B/c1-4-7-10-13-16(14-11-8-5-2)15-12-9-6-3/h4-6H,1-3,7-15H2. The van der Waals surface area contributed by atoms with Gasteiger partial charge in [0.25, 0.3) is 0 Å². The van der Waals surface area contributed by atoms with Crippen LogP contribution in [0, 0.1) is 0 Å². The Labute approximate surface area is 103 Å². The summed E-state index contributed by atoms with van der Waals surface area (Å²) < 4.78 is 0. The Morgan fingerprint density at radius 3 is 1.19 bits per heavy atom. The van der Waals surface area contributed by atoms with Crippen molar-refractivity contribution in [3.8, 4) is 0 Å². The zero-order chi connectivity index (χ0) is 12.1. The largest absolute Gasteiger partial charge is 0.139 e. The van der Waals surface area contributed by atoms with Crippen LogP contribution >= 0.6 is 0 Å². The van der Waals surface area contributed by atoms with Crippen LogP contribution in [-0.4, -0.2) is 6.71 Å². The Bertz CT molecular complexity index is 151. The van der Waals surface area contributed by atoms with Crippen LogP contribution in [0.25, 0.3) is 0 Å². The zero-order valence-corrected chi connectivity index (χ0v) is 10.8. The average Bonchev–Trinajstić information content (AvgIpc) is 2.29. The Morgan fingerprint density at radius 1 is 0.625 bits per heavy atom. The molecule has 0 aliphatic rings. The van der Waals surface area contributed by atoms with Crippen LogP contribution in [0.15, 0.2) is 38.0 Å². The highest BCUT2D eigenvalue weighted by molar-refractivity contribution is 6.58. The van der Waals surface area contributed by atoms with Crippen molar-refractivity contribution in [2.24, 2.45) is 0 Å². The van der Waals surface area contributed by atoms with E-state index in [1.165, 1.54) is 57.5 Å². The van der Waals surface area contributed by atoms with E-state index in [2.05, 4.69) is 19.7 Å². The minimum atomic E-state index is 0.903. The number of hydrogen-bond donors (Lipinski definition) is 0. The molecule has 0 bridgehead atoms. The molecule has 0 nitrogen and oxygen atoms in total. The lowest BCUT2D eigenvalue weighted by atomic mass is 9.41. The van der Waals surface area contributed by atoms with Crippen molar-refractivity contribution in [1.82, 2.24) is 0 Å². The molecule has 0 spiro atoms. The number of unbranched alkanes of at least 4 members (excludes halogenated alkanes) is 3. The topological polar surface area (TPSA) is 0 Å². The van der Waals surface area contributed by atoms with Gasteiger partial charge in [-0.15, -0.1) is 19.7 Å². The van der Waals surface area contributed by atoms with Crippen molar-refractivity contribution in [2.45, 2.75) is 57.5 Å². The van der Waals surface area contributed by atoms with Crippen LogP contribution in [0.2, 0.25) is 19.0 Å². The fourth-order valence-corrected chi connectivity index (χ4v) is 2.09. The van der Waals surface area contributed by atoms with Gasteiger partial charge in [-0.05, 0) is 19.3 Å². The van der Waals surface area contributed by atoms with E-state index < -0.39 is 0 Å². The highest BCUT2D eigenvalue weighted by Gasteiger charge is 2.11. The second-order valence-electron chi connectivity index (χ2n) is 4.52. The van der Waals surface area contributed by atoms with E-state index in [1.54, 1.807) is 0 Å². The SMILES string of the molecule is C=CCCCB(CCCC=C)CCCC=C. The number of rotatable bonds is 12. The van der Waals surface area contributed by atoms with Crippen molar-refractivity contribution < 1.29 is 0 Å². The highest BCUT2D eigenvalue weighted by Crippen LogP contribution is 2.16. The molecule has 0 fully saturated rings. The summed E-state index contributed by atoms with van der Waals surface area (Å²) in [7, 11) is 0. The third-order valence-electron chi connectivity index (χ3n) is 3.06. The molecule has 0 amide bonds. The minimum Gasteiger partial charge on any atom is -0.103 e. The lowest BCUT2D eigenvalue weighted by molar-refractivity contribution is 0.867. The molecule has 0 aromatic heterocycles. The summed E-state index contributed by atoms with van der Waals surface area (Å²) in [6.07, 6.45) is 17.6. The van der Waals surface area contributed by atoms with Crippen LogP contribution in [0.3, 0.4) is 0 Å². The number of hydrogen-bond acceptors (Lipinski definition) is 0. The highest BCUT2D eigenvalue weighted by atomic mass is 13.9. The molecule has 90 valence electrons. The molecule has 0 atom stereocenters. The van der Waals surface area contributed by atoms with E-state index in [9.17, 15) is 0 Å². The van der Waals surface area contributed by atoms with Gasteiger partial charge < -0.3 is 0 Å². The van der Waals surface area contributed by atoms with E-state index in [-0.39, 0.29) is 0 Å². The molecular weight excluding hydrogens is 191 g/mol. The molecule has 0 rings (SSSR count). The predicted octanol–water partition coefficient (Wildman–Crippen LogP) is 5.38. The molecule has 1 heteroatoms. The van der Waals surface area contributed by atoms with Gasteiger partial charge in [-0.25, -0.2) is 0 Å². The van der Waals surface area contributed by atoms with E-state index in [1.807, 2.05) is 18.2 Å². The first-order chi connectivity index (χ1) is 7.85. The molecule has 0 radical (unpaired) electrons. The molecule has 0 heterocycles. The third kappa shape index (κ3) is 9.83. The van der Waals surface area contributed by atoms with Crippen LogP contribution in [0.4, 0.5) is 0 Å². The van der Waals surface area contributed by atoms with Gasteiger partial charge in [-0.3, -0.25) is 0 Å². The van der Waals surface area contributed by atoms with Crippen LogP contribution in [0.1, 0.15) is 38.5 Å². The van der Waals surface area contributed by atoms with Gasteiger partial charge in [0.2, 0.25) is 0 Å². The zero-order valence-electron chi connectivity index (χ0n) is 10.8. The monoisotopic (exact) mass is 218 g/mol. The molecule has 0 aromatic rings. The molecule has 0 aliphatic carbocycles. The lowest BCUT2D eigenvalue weighted by Gasteiger charge is -2.12. The molecule has 16 heavy (non-hydrogen) atoms. The fourth-order valence-electron chi connectivity index (χ4n) is 2.09. The lowest BCUT2D eigenvalue weighted by Crippen LogP contribution is -2.11. The van der Waals surface area contributed by atoms with Gasteiger partial charge in [0, 0.05) is 0 Å². The quantitative estimate of drug-likeness (QED) is 0.234. The summed E-state index contributed by atoms with van der Waals surface area (Å²) in [5.74, 6) is 0. The Kier molecular flexibility index (Phi) is 11.8. The Balaban J connectivity index is 3.69.